The highest BCUT2D eigenvalue weighted by molar-refractivity contribution is 14.0. The first-order valence-corrected chi connectivity index (χ1v) is 9.39. The zero-order chi connectivity index (χ0) is 18.8. The summed E-state index contributed by atoms with van der Waals surface area (Å²) < 4.78 is 11.1. The molecule has 0 amide bonds. The zero-order valence-corrected chi connectivity index (χ0v) is 18.9. The maximum atomic E-state index is 9.34. The minimum atomic E-state index is -0.0116. The third kappa shape index (κ3) is 8.18. The number of aromatic nitrogens is 1. The van der Waals surface area contributed by atoms with E-state index in [1.807, 2.05) is 32.9 Å². The summed E-state index contributed by atoms with van der Waals surface area (Å²) in [5.74, 6) is 1.39. The molecule has 0 aliphatic carbocycles. The van der Waals surface area contributed by atoms with Crippen molar-refractivity contribution >= 4 is 29.9 Å². The van der Waals surface area contributed by atoms with Gasteiger partial charge < -0.3 is 25.2 Å². The van der Waals surface area contributed by atoms with Gasteiger partial charge in [-0.25, -0.2) is 9.98 Å². The van der Waals surface area contributed by atoms with Crippen molar-refractivity contribution in [3.63, 3.8) is 0 Å². The summed E-state index contributed by atoms with van der Waals surface area (Å²) in [7, 11) is 0. The average molecular weight is 492 g/mol. The molecule has 1 aromatic heterocycles. The zero-order valence-electron chi connectivity index (χ0n) is 16.5. The minimum Gasteiger partial charge on any atom is -0.475 e. The fourth-order valence-corrected chi connectivity index (χ4v) is 2.91. The third-order valence-electron chi connectivity index (χ3n) is 4.38. The van der Waals surface area contributed by atoms with Gasteiger partial charge in [0.2, 0.25) is 5.88 Å². The van der Waals surface area contributed by atoms with Crippen LogP contribution in [0.1, 0.15) is 39.2 Å². The Kier molecular flexibility index (Phi) is 10.9. The number of nitrogens with one attached hydrogen (secondary N) is 2. The van der Waals surface area contributed by atoms with Crippen molar-refractivity contribution in [2.45, 2.75) is 46.3 Å². The van der Waals surface area contributed by atoms with Crippen LogP contribution in [0.4, 0.5) is 0 Å². The van der Waals surface area contributed by atoms with Gasteiger partial charge in [0, 0.05) is 44.0 Å². The number of ether oxygens (including phenoxy) is 2. The lowest BCUT2D eigenvalue weighted by atomic mass is 9.84. The van der Waals surface area contributed by atoms with Crippen LogP contribution in [-0.4, -0.2) is 55.1 Å². The highest BCUT2D eigenvalue weighted by Gasteiger charge is 2.34. The molecule has 0 saturated carbocycles. The topological polar surface area (TPSA) is 88.0 Å². The van der Waals surface area contributed by atoms with Gasteiger partial charge in [-0.2, -0.15) is 0 Å². The van der Waals surface area contributed by atoms with Crippen LogP contribution in [0, 0.1) is 5.41 Å². The molecule has 1 unspecified atom stereocenters. The van der Waals surface area contributed by atoms with Crippen molar-refractivity contribution < 1.29 is 14.6 Å². The Morgan fingerprint density at radius 1 is 1.41 bits per heavy atom. The van der Waals surface area contributed by atoms with E-state index in [0.29, 0.717) is 19.0 Å². The van der Waals surface area contributed by atoms with Crippen molar-refractivity contribution in [1.82, 2.24) is 15.6 Å². The SMILES string of the molecule is CCNC(=NCc1ccc(OC(C)C)nc1)NCC1(CCO)CCOC1.I. The van der Waals surface area contributed by atoms with E-state index in [0.717, 1.165) is 44.1 Å². The molecule has 0 aromatic carbocycles. The fraction of sp³-hybridized carbons (Fsp3) is 0.684. The second-order valence-electron chi connectivity index (χ2n) is 7.00. The van der Waals surface area contributed by atoms with E-state index in [-0.39, 0.29) is 42.1 Å². The molecular weight excluding hydrogens is 459 g/mol. The lowest BCUT2D eigenvalue weighted by molar-refractivity contribution is 0.127. The van der Waals surface area contributed by atoms with E-state index in [2.05, 4.69) is 20.6 Å². The largest absolute Gasteiger partial charge is 0.475 e. The maximum absolute atomic E-state index is 9.34. The van der Waals surface area contributed by atoms with Crippen molar-refractivity contribution in [3.8, 4) is 5.88 Å². The Balaban J connectivity index is 0.00000364. The molecule has 2 rings (SSSR count). The highest BCUT2D eigenvalue weighted by atomic mass is 127. The Hall–Kier alpha value is -1.13. The number of nitrogens with zero attached hydrogens (tertiary/aromatic N) is 2. The molecule has 0 spiro atoms. The van der Waals surface area contributed by atoms with Crippen molar-refractivity contribution in [1.29, 1.82) is 0 Å². The predicted molar refractivity (Wildman–Crippen MR) is 118 cm³/mol. The summed E-state index contributed by atoms with van der Waals surface area (Å²) in [5.41, 5.74) is 1.01. The van der Waals surface area contributed by atoms with Gasteiger partial charge in [0.15, 0.2) is 5.96 Å². The van der Waals surface area contributed by atoms with Crippen molar-refractivity contribution in [3.05, 3.63) is 23.9 Å². The van der Waals surface area contributed by atoms with E-state index in [4.69, 9.17) is 9.47 Å². The van der Waals surface area contributed by atoms with Crippen LogP contribution in [-0.2, 0) is 11.3 Å². The van der Waals surface area contributed by atoms with Gasteiger partial charge in [0.1, 0.15) is 0 Å². The van der Waals surface area contributed by atoms with Gasteiger partial charge in [0.25, 0.3) is 0 Å². The number of pyridine rings is 1. The lowest BCUT2D eigenvalue weighted by Crippen LogP contribution is -2.44. The molecular formula is C19H33IN4O3. The monoisotopic (exact) mass is 492 g/mol. The van der Waals surface area contributed by atoms with Crippen LogP contribution in [0.3, 0.4) is 0 Å². The summed E-state index contributed by atoms with van der Waals surface area (Å²) in [6.45, 7) is 9.67. The number of aliphatic imine (C=N–C) groups is 1. The van der Waals surface area contributed by atoms with Crippen LogP contribution in [0.15, 0.2) is 23.3 Å². The Morgan fingerprint density at radius 2 is 2.22 bits per heavy atom. The number of guanidine groups is 1. The molecule has 1 aromatic rings. The molecule has 8 heteroatoms. The number of hydrogen-bond donors (Lipinski definition) is 3. The molecule has 0 radical (unpaired) electrons. The van der Waals surface area contributed by atoms with E-state index in [1.165, 1.54) is 0 Å². The van der Waals surface area contributed by atoms with Crippen LogP contribution < -0.4 is 15.4 Å². The Morgan fingerprint density at radius 3 is 2.78 bits per heavy atom. The van der Waals surface area contributed by atoms with Gasteiger partial charge in [0.05, 0.1) is 19.3 Å². The van der Waals surface area contributed by atoms with Crippen LogP contribution in [0.5, 0.6) is 5.88 Å². The van der Waals surface area contributed by atoms with Gasteiger partial charge in [-0.05, 0) is 39.2 Å². The van der Waals surface area contributed by atoms with E-state index >= 15 is 0 Å². The molecule has 2 heterocycles. The number of hydrogen-bond acceptors (Lipinski definition) is 5. The Bertz CT molecular complexity index is 561. The molecule has 3 N–H and O–H groups in total. The summed E-state index contributed by atoms with van der Waals surface area (Å²) in [6, 6.07) is 3.85. The van der Waals surface area contributed by atoms with Gasteiger partial charge >= 0.3 is 0 Å². The number of aliphatic hydroxyl groups excluding tert-OH is 1. The van der Waals surface area contributed by atoms with Gasteiger partial charge in [-0.15, -0.1) is 24.0 Å². The first kappa shape index (κ1) is 23.9. The highest BCUT2D eigenvalue weighted by Crippen LogP contribution is 2.31. The van der Waals surface area contributed by atoms with E-state index in [9.17, 15) is 5.11 Å². The van der Waals surface area contributed by atoms with E-state index < -0.39 is 0 Å². The molecule has 1 aliphatic heterocycles. The lowest BCUT2D eigenvalue weighted by Gasteiger charge is -2.27. The average Bonchev–Trinajstić information content (AvgIpc) is 3.07. The quantitative estimate of drug-likeness (QED) is 0.279. The molecule has 0 bridgehead atoms. The fourth-order valence-electron chi connectivity index (χ4n) is 2.91. The first-order valence-electron chi connectivity index (χ1n) is 9.39. The smallest absolute Gasteiger partial charge is 0.213 e. The van der Waals surface area contributed by atoms with Gasteiger partial charge in [-0.3, -0.25) is 0 Å². The van der Waals surface area contributed by atoms with Crippen LogP contribution >= 0.6 is 24.0 Å². The molecule has 1 atom stereocenters. The first-order chi connectivity index (χ1) is 12.6. The number of aliphatic hydroxyl groups is 1. The Labute approximate surface area is 179 Å². The number of halogens is 1. The summed E-state index contributed by atoms with van der Waals surface area (Å²) in [4.78, 5) is 8.95. The normalized spacial score (nSPS) is 19.7. The molecule has 7 nitrogen and oxygen atoms in total. The molecule has 1 aliphatic rings. The molecule has 1 fully saturated rings. The number of rotatable bonds is 9. The second kappa shape index (κ2) is 12.4. The standard InChI is InChI=1S/C19H32N4O3.HI/c1-4-20-18(23-13-19(7-9-24)8-10-25-14-19)22-12-16-5-6-17(21-11-16)26-15(2)3;/h5-6,11,15,24H,4,7-10,12-14H2,1-3H3,(H2,20,22,23);1H. The predicted octanol–water partition coefficient (Wildman–Crippen LogP) is 2.33. The van der Waals surface area contributed by atoms with Crippen molar-refractivity contribution in [2.24, 2.45) is 10.4 Å². The van der Waals surface area contributed by atoms with Crippen molar-refractivity contribution in [2.75, 3.05) is 32.9 Å². The van der Waals surface area contributed by atoms with Gasteiger partial charge in [-0.1, -0.05) is 6.07 Å². The second-order valence-corrected chi connectivity index (χ2v) is 7.00. The molecule has 154 valence electrons. The summed E-state index contributed by atoms with van der Waals surface area (Å²) in [5, 5.41) is 16.0. The maximum Gasteiger partial charge on any atom is 0.213 e. The molecule has 27 heavy (non-hydrogen) atoms. The van der Waals surface area contributed by atoms with E-state index in [1.54, 1.807) is 6.20 Å². The van der Waals surface area contributed by atoms with Crippen LogP contribution in [0.2, 0.25) is 0 Å². The van der Waals surface area contributed by atoms with Crippen LogP contribution in [0.25, 0.3) is 0 Å². The summed E-state index contributed by atoms with van der Waals surface area (Å²) in [6.07, 6.45) is 3.60. The molecule has 1 saturated heterocycles. The minimum absolute atomic E-state index is 0. The summed E-state index contributed by atoms with van der Waals surface area (Å²) >= 11 is 0. The third-order valence-corrected chi connectivity index (χ3v) is 4.38.